The van der Waals surface area contributed by atoms with Crippen molar-refractivity contribution < 1.29 is 14.3 Å². The van der Waals surface area contributed by atoms with Crippen molar-refractivity contribution in [3.8, 4) is 22.9 Å². The van der Waals surface area contributed by atoms with E-state index in [1.807, 2.05) is 12.1 Å². The van der Waals surface area contributed by atoms with Crippen molar-refractivity contribution in [1.29, 1.82) is 0 Å². The highest BCUT2D eigenvalue weighted by molar-refractivity contribution is 6.35. The van der Waals surface area contributed by atoms with Gasteiger partial charge in [-0.05, 0) is 55.7 Å². The molecule has 3 heterocycles. The Morgan fingerprint density at radius 1 is 1.00 bits per heavy atom. The highest BCUT2D eigenvalue weighted by atomic mass is 35.5. The second-order valence-electron chi connectivity index (χ2n) is 7.23. The molecule has 1 aliphatic rings. The van der Waals surface area contributed by atoms with E-state index in [0.29, 0.717) is 32.6 Å². The van der Waals surface area contributed by atoms with Gasteiger partial charge in [-0.2, -0.15) is 0 Å². The maximum absolute atomic E-state index is 12.2. The number of esters is 1. The zero-order valence-electron chi connectivity index (χ0n) is 17.0. The van der Waals surface area contributed by atoms with Crippen LogP contribution in [0.15, 0.2) is 48.7 Å². The third-order valence-electron chi connectivity index (χ3n) is 5.00. The van der Waals surface area contributed by atoms with Crippen LogP contribution in [-0.4, -0.2) is 36.1 Å². The average Bonchev–Trinajstić information content (AvgIpc) is 2.79. The molecule has 2 aromatic heterocycles. The minimum absolute atomic E-state index is 0.238. The number of piperidine rings is 1. The lowest BCUT2D eigenvalue weighted by molar-refractivity contribution is 0.0600. The van der Waals surface area contributed by atoms with Crippen molar-refractivity contribution >= 4 is 35.0 Å². The summed E-state index contributed by atoms with van der Waals surface area (Å²) in [6.45, 7) is 2.03. The third kappa shape index (κ3) is 5.27. The second-order valence-corrected chi connectivity index (χ2v) is 8.10. The normalized spacial score (nSPS) is 13.7. The Kier molecular flexibility index (Phi) is 6.59. The SMILES string of the molecule is COC(=O)c1cc(Oc2ccc(N3CCCCC3)nc2)nc(-c2cc(Cl)cc(Cl)c2)c1. The number of carbonyl (C=O) groups excluding carboxylic acids is 1. The van der Waals surface area contributed by atoms with Crippen LogP contribution in [0, 0.1) is 0 Å². The Balaban J connectivity index is 1.63. The van der Waals surface area contributed by atoms with Crippen molar-refractivity contribution in [3.63, 3.8) is 0 Å². The number of methoxy groups -OCH3 is 1. The molecule has 0 amide bonds. The predicted molar refractivity (Wildman–Crippen MR) is 121 cm³/mol. The van der Waals surface area contributed by atoms with Crippen molar-refractivity contribution in [3.05, 3.63) is 64.3 Å². The van der Waals surface area contributed by atoms with E-state index in [4.69, 9.17) is 32.7 Å². The molecule has 0 radical (unpaired) electrons. The average molecular weight is 458 g/mol. The molecule has 8 heteroatoms. The van der Waals surface area contributed by atoms with Gasteiger partial charge in [0.2, 0.25) is 5.88 Å². The van der Waals surface area contributed by atoms with Crippen LogP contribution in [0.25, 0.3) is 11.3 Å². The summed E-state index contributed by atoms with van der Waals surface area (Å²) >= 11 is 12.3. The van der Waals surface area contributed by atoms with Gasteiger partial charge in [0.05, 0.1) is 24.6 Å². The largest absolute Gasteiger partial charge is 0.465 e. The number of halogens is 2. The Hall–Kier alpha value is -2.83. The van der Waals surface area contributed by atoms with Gasteiger partial charge >= 0.3 is 5.97 Å². The Labute approximate surface area is 190 Å². The number of rotatable bonds is 5. The molecule has 4 rings (SSSR count). The maximum atomic E-state index is 12.2. The smallest absolute Gasteiger partial charge is 0.338 e. The molecule has 0 saturated carbocycles. The van der Waals surface area contributed by atoms with Crippen LogP contribution in [0.2, 0.25) is 10.0 Å². The van der Waals surface area contributed by atoms with E-state index in [1.54, 1.807) is 30.5 Å². The molecule has 0 N–H and O–H groups in total. The number of carbonyl (C=O) groups is 1. The lowest BCUT2D eigenvalue weighted by atomic mass is 10.1. The molecule has 0 spiro atoms. The Morgan fingerprint density at radius 2 is 1.74 bits per heavy atom. The van der Waals surface area contributed by atoms with Crippen LogP contribution in [0.4, 0.5) is 5.82 Å². The van der Waals surface area contributed by atoms with Crippen LogP contribution in [0.1, 0.15) is 29.6 Å². The molecule has 0 atom stereocenters. The van der Waals surface area contributed by atoms with Crippen molar-refractivity contribution in [2.75, 3.05) is 25.1 Å². The standard InChI is InChI=1S/C23H21Cl2N3O3/c1-30-23(29)16-11-20(15-9-17(24)13-18(25)10-15)27-22(12-16)31-19-5-6-21(26-14-19)28-7-3-2-4-8-28/h5-6,9-14H,2-4,7-8H2,1H3. The molecule has 1 aliphatic heterocycles. The topological polar surface area (TPSA) is 64.6 Å². The fourth-order valence-electron chi connectivity index (χ4n) is 3.51. The summed E-state index contributed by atoms with van der Waals surface area (Å²) < 4.78 is 10.8. The van der Waals surface area contributed by atoms with Crippen LogP contribution >= 0.6 is 23.2 Å². The molecule has 0 bridgehead atoms. The Bertz CT molecular complexity index is 1060. The first-order chi connectivity index (χ1) is 15.0. The molecule has 0 aliphatic carbocycles. The molecule has 1 aromatic carbocycles. The molecule has 1 fully saturated rings. The quantitative estimate of drug-likeness (QED) is 0.436. The first kappa shape index (κ1) is 21.4. The lowest BCUT2D eigenvalue weighted by Gasteiger charge is -2.27. The highest BCUT2D eigenvalue weighted by Crippen LogP contribution is 2.30. The summed E-state index contributed by atoms with van der Waals surface area (Å²) in [5.74, 6) is 1.18. The zero-order valence-corrected chi connectivity index (χ0v) is 18.5. The van der Waals surface area contributed by atoms with E-state index in [0.717, 1.165) is 18.9 Å². The number of benzene rings is 1. The van der Waals surface area contributed by atoms with Gasteiger partial charge in [0.25, 0.3) is 0 Å². The van der Waals surface area contributed by atoms with Gasteiger partial charge in [0.1, 0.15) is 11.6 Å². The molecular weight excluding hydrogens is 437 g/mol. The monoisotopic (exact) mass is 457 g/mol. The number of aromatic nitrogens is 2. The number of hydrogen-bond acceptors (Lipinski definition) is 6. The summed E-state index contributed by atoms with van der Waals surface area (Å²) in [6.07, 6.45) is 5.29. The minimum atomic E-state index is -0.500. The van der Waals surface area contributed by atoms with Crippen LogP contribution in [-0.2, 0) is 4.74 Å². The molecule has 1 saturated heterocycles. The van der Waals surface area contributed by atoms with Crippen LogP contribution < -0.4 is 9.64 Å². The number of pyridine rings is 2. The first-order valence-electron chi connectivity index (χ1n) is 9.97. The van der Waals surface area contributed by atoms with Crippen LogP contribution in [0.3, 0.4) is 0 Å². The highest BCUT2D eigenvalue weighted by Gasteiger charge is 2.15. The number of ether oxygens (including phenoxy) is 2. The fourth-order valence-corrected chi connectivity index (χ4v) is 4.03. The van der Waals surface area contributed by atoms with E-state index in [-0.39, 0.29) is 5.88 Å². The summed E-state index contributed by atoms with van der Waals surface area (Å²) in [5.41, 5.74) is 1.45. The second kappa shape index (κ2) is 9.54. The van der Waals surface area contributed by atoms with Crippen molar-refractivity contribution in [2.45, 2.75) is 19.3 Å². The van der Waals surface area contributed by atoms with Gasteiger partial charge in [-0.25, -0.2) is 14.8 Å². The van der Waals surface area contributed by atoms with E-state index < -0.39 is 5.97 Å². The first-order valence-corrected chi connectivity index (χ1v) is 10.7. The van der Waals surface area contributed by atoms with E-state index >= 15 is 0 Å². The third-order valence-corrected chi connectivity index (χ3v) is 5.44. The maximum Gasteiger partial charge on any atom is 0.338 e. The molecule has 6 nitrogen and oxygen atoms in total. The summed E-state index contributed by atoms with van der Waals surface area (Å²) in [4.78, 5) is 23.5. The predicted octanol–water partition coefficient (Wildman–Crippen LogP) is 6.02. The van der Waals surface area contributed by atoms with Crippen molar-refractivity contribution in [1.82, 2.24) is 9.97 Å². The fraction of sp³-hybridized carbons (Fsp3) is 0.261. The molecular formula is C23H21Cl2N3O3. The summed E-state index contributed by atoms with van der Waals surface area (Å²) in [7, 11) is 1.32. The van der Waals surface area contributed by atoms with Crippen LogP contribution in [0.5, 0.6) is 11.6 Å². The lowest BCUT2D eigenvalue weighted by Crippen LogP contribution is -2.29. The van der Waals surface area contributed by atoms with Gasteiger partial charge in [-0.1, -0.05) is 23.2 Å². The molecule has 3 aromatic rings. The van der Waals surface area contributed by atoms with Gasteiger partial charge in [-0.15, -0.1) is 0 Å². The zero-order chi connectivity index (χ0) is 21.8. The van der Waals surface area contributed by atoms with E-state index in [9.17, 15) is 4.79 Å². The number of anilines is 1. The summed E-state index contributed by atoms with van der Waals surface area (Å²) in [6, 6.07) is 12.0. The molecule has 160 valence electrons. The van der Waals surface area contributed by atoms with Gasteiger partial charge in [0.15, 0.2) is 0 Å². The Morgan fingerprint density at radius 3 is 2.39 bits per heavy atom. The van der Waals surface area contributed by atoms with Gasteiger partial charge < -0.3 is 14.4 Å². The molecule has 0 unspecified atom stereocenters. The van der Waals surface area contributed by atoms with Gasteiger partial charge in [-0.3, -0.25) is 0 Å². The summed E-state index contributed by atoms with van der Waals surface area (Å²) in [5, 5.41) is 0.931. The number of hydrogen-bond donors (Lipinski definition) is 0. The molecule has 31 heavy (non-hydrogen) atoms. The van der Waals surface area contributed by atoms with E-state index in [2.05, 4.69) is 14.9 Å². The number of nitrogens with zero attached hydrogens (tertiary/aromatic N) is 3. The van der Waals surface area contributed by atoms with Crippen molar-refractivity contribution in [2.24, 2.45) is 0 Å². The van der Waals surface area contributed by atoms with E-state index in [1.165, 1.54) is 32.4 Å². The van der Waals surface area contributed by atoms with Gasteiger partial charge in [0, 0.05) is 34.8 Å². The minimum Gasteiger partial charge on any atom is -0.465 e.